The van der Waals surface area contributed by atoms with Crippen molar-refractivity contribution in [1.82, 2.24) is 24.8 Å². The van der Waals surface area contributed by atoms with Crippen molar-refractivity contribution in [3.63, 3.8) is 0 Å². The molecule has 15 heteroatoms. The summed E-state index contributed by atoms with van der Waals surface area (Å²) in [4.78, 5) is 30.0. The number of aromatic nitrogens is 3. The van der Waals surface area contributed by atoms with Gasteiger partial charge in [0.2, 0.25) is 5.89 Å². The second-order valence-corrected chi connectivity index (χ2v) is 15.4. The molecule has 6 aromatic rings. The Kier molecular flexibility index (Phi) is 9.74. The number of halogens is 4. The van der Waals surface area contributed by atoms with Crippen molar-refractivity contribution in [3.8, 4) is 28.3 Å². The lowest BCUT2D eigenvalue weighted by Gasteiger charge is -2.24. The Hall–Kier alpha value is -4.92. The fourth-order valence-electron chi connectivity index (χ4n) is 8.43. The van der Waals surface area contributed by atoms with Crippen LogP contribution in [0.3, 0.4) is 0 Å². The Morgan fingerprint density at radius 2 is 1.80 bits per heavy atom. The Balaban J connectivity index is 1.03. The number of carboxylic acid groups (broad SMARTS) is 1. The average molecular weight is 802 g/mol. The monoisotopic (exact) mass is 800 g/mol. The zero-order chi connectivity index (χ0) is 38.7. The topological polar surface area (TPSA) is 137 Å². The zero-order valence-corrected chi connectivity index (χ0v) is 31.4. The lowest BCUT2D eigenvalue weighted by atomic mass is 10.0. The molecule has 0 radical (unpaired) electrons. The van der Waals surface area contributed by atoms with Gasteiger partial charge in [-0.3, -0.25) is 19.6 Å². The van der Waals surface area contributed by atoms with E-state index in [-0.39, 0.29) is 29.4 Å². The van der Waals surface area contributed by atoms with E-state index in [1.165, 1.54) is 0 Å². The van der Waals surface area contributed by atoms with Crippen LogP contribution in [0.25, 0.3) is 44.6 Å². The molecule has 9 rings (SSSR count). The number of hydrogen-bond donors (Lipinski definition) is 3. The number of aliphatic hydroxyl groups excluding tert-OH is 1. The molecule has 3 N–H and O–H groups in total. The van der Waals surface area contributed by atoms with E-state index in [0.29, 0.717) is 100 Å². The summed E-state index contributed by atoms with van der Waals surface area (Å²) in [5.41, 5.74) is 5.76. The summed E-state index contributed by atoms with van der Waals surface area (Å²) in [5, 5.41) is 24.4. The number of fused-ring (bicyclic) bond motifs is 3. The van der Waals surface area contributed by atoms with Crippen molar-refractivity contribution in [2.24, 2.45) is 5.92 Å². The minimum atomic E-state index is -3.09. The molecule has 0 unspecified atom stereocenters. The van der Waals surface area contributed by atoms with E-state index in [0.717, 1.165) is 29.5 Å². The van der Waals surface area contributed by atoms with E-state index < -0.39 is 18.5 Å². The maximum Gasteiger partial charge on any atom is 0.387 e. The largest absolute Gasteiger partial charge is 0.481 e. The first-order valence-corrected chi connectivity index (χ1v) is 19.2. The number of likely N-dealkylation sites (tertiary alicyclic amines) is 2. The lowest BCUT2D eigenvalue weighted by molar-refractivity contribution is -0.141. The number of β-amino-alcohol motifs (C(OH)–C–C–N with tert-alkyl or cyclic N) is 1. The highest BCUT2D eigenvalue weighted by Gasteiger charge is 2.38. The standard InChI is InChI=1S/C41H36Cl2F2N6O5/c42-33-25(26-4-2-6-30(34(26)43)48-38-35-22(9-12-46-38)15-21(17-47-35)18-50-13-11-24(52)20-50)3-1-5-28(33)39-49-31-16-29-27(36(37(31)55-39)56-41(44)45)7-8-32(29)51-14-10-23(19-51)40(53)54/h1-6,9,12,15-17,23-24,32,41,52H,7-8,10-11,13-14,18-20H2,(H,46,48)(H,53,54)/t23-,24-,32-/m1/s1. The van der Waals surface area contributed by atoms with E-state index in [9.17, 15) is 23.8 Å². The van der Waals surface area contributed by atoms with Crippen molar-refractivity contribution in [2.75, 3.05) is 31.5 Å². The molecule has 2 saturated heterocycles. The molecule has 1 aliphatic carbocycles. The van der Waals surface area contributed by atoms with E-state index in [1.807, 2.05) is 42.6 Å². The predicted octanol–water partition coefficient (Wildman–Crippen LogP) is 8.72. The predicted molar refractivity (Wildman–Crippen MR) is 209 cm³/mol. The number of anilines is 2. The summed E-state index contributed by atoms with van der Waals surface area (Å²) < 4.78 is 39.0. The fourth-order valence-corrected chi connectivity index (χ4v) is 9.02. The first-order valence-electron chi connectivity index (χ1n) is 18.5. The third-order valence-corrected chi connectivity index (χ3v) is 11.9. The molecular formula is C41H36Cl2F2N6O5. The molecule has 2 fully saturated rings. The van der Waals surface area contributed by atoms with Crippen LogP contribution < -0.4 is 10.1 Å². The third-order valence-electron chi connectivity index (χ3n) is 11.1. The molecule has 5 heterocycles. The number of hydrogen-bond acceptors (Lipinski definition) is 10. The van der Waals surface area contributed by atoms with Crippen LogP contribution in [-0.4, -0.2) is 79.8 Å². The summed E-state index contributed by atoms with van der Waals surface area (Å²) in [7, 11) is 0. The number of alkyl halides is 2. The van der Waals surface area contributed by atoms with Gasteiger partial charge in [0.1, 0.15) is 11.0 Å². The zero-order valence-electron chi connectivity index (χ0n) is 29.9. The summed E-state index contributed by atoms with van der Waals surface area (Å²) >= 11 is 14.2. The highest BCUT2D eigenvalue weighted by atomic mass is 35.5. The number of nitrogens with one attached hydrogen (secondary N) is 1. The van der Waals surface area contributed by atoms with Gasteiger partial charge >= 0.3 is 12.6 Å². The van der Waals surface area contributed by atoms with Crippen molar-refractivity contribution >= 4 is 62.7 Å². The molecule has 3 aromatic carbocycles. The van der Waals surface area contributed by atoms with Crippen LogP contribution in [0.4, 0.5) is 20.3 Å². The van der Waals surface area contributed by atoms with Gasteiger partial charge in [-0.05, 0) is 73.7 Å². The third kappa shape index (κ3) is 6.81. The van der Waals surface area contributed by atoms with Gasteiger partial charge in [-0.1, -0.05) is 47.5 Å². The molecule has 3 aromatic heterocycles. The molecule has 2 aliphatic heterocycles. The molecule has 0 bridgehead atoms. The van der Waals surface area contributed by atoms with Gasteiger partial charge in [-0.25, -0.2) is 9.97 Å². The second-order valence-electron chi connectivity index (χ2n) is 14.6. The highest BCUT2D eigenvalue weighted by molar-refractivity contribution is 6.39. The highest BCUT2D eigenvalue weighted by Crippen LogP contribution is 2.48. The van der Waals surface area contributed by atoms with Crippen molar-refractivity contribution in [2.45, 2.75) is 51.0 Å². The van der Waals surface area contributed by atoms with Crippen LogP contribution in [-0.2, 0) is 17.8 Å². The maximum atomic E-state index is 13.9. The number of carbonyl (C=O) groups is 1. The Morgan fingerprint density at radius 1 is 1.00 bits per heavy atom. The molecule has 0 amide bonds. The lowest BCUT2D eigenvalue weighted by Crippen LogP contribution is -2.26. The number of nitrogens with zero attached hydrogens (tertiary/aromatic N) is 5. The van der Waals surface area contributed by atoms with Gasteiger partial charge in [0.15, 0.2) is 17.2 Å². The summed E-state index contributed by atoms with van der Waals surface area (Å²) in [6, 6.07) is 16.5. The molecule has 3 aliphatic rings. The van der Waals surface area contributed by atoms with Crippen LogP contribution >= 0.6 is 23.2 Å². The number of oxazole rings is 1. The maximum absolute atomic E-state index is 13.9. The summed E-state index contributed by atoms with van der Waals surface area (Å²) in [5.74, 6) is -0.721. The molecular weight excluding hydrogens is 765 g/mol. The molecule has 0 saturated carbocycles. The molecule has 56 heavy (non-hydrogen) atoms. The SMILES string of the molecule is O=C(O)[C@@H]1CCN([C@@H]2CCc3c2cc2nc(-c4cccc(-c5cccc(Nc6nccc7cc(CN8CC[C@@H](O)C8)cnc67)c5Cl)c4Cl)oc2c3OC(F)F)C1. The van der Waals surface area contributed by atoms with Crippen LogP contribution in [0.5, 0.6) is 5.75 Å². The van der Waals surface area contributed by atoms with Gasteiger partial charge in [-0.2, -0.15) is 8.78 Å². The van der Waals surface area contributed by atoms with Gasteiger partial charge in [0, 0.05) is 66.7 Å². The smallest absolute Gasteiger partial charge is 0.387 e. The van der Waals surface area contributed by atoms with Gasteiger partial charge < -0.3 is 24.7 Å². The first-order chi connectivity index (χ1) is 27.1. The number of benzene rings is 3. The Morgan fingerprint density at radius 3 is 2.57 bits per heavy atom. The fraction of sp³-hybridized carbons (Fsp3) is 0.317. The van der Waals surface area contributed by atoms with Gasteiger partial charge in [-0.15, -0.1) is 0 Å². The van der Waals surface area contributed by atoms with Crippen LogP contribution in [0, 0.1) is 5.92 Å². The van der Waals surface area contributed by atoms with E-state index >= 15 is 0 Å². The van der Waals surface area contributed by atoms with Crippen molar-refractivity contribution in [3.05, 3.63) is 93.7 Å². The van der Waals surface area contributed by atoms with Crippen molar-refractivity contribution in [1.29, 1.82) is 0 Å². The van der Waals surface area contributed by atoms with Gasteiger partial charge in [0.25, 0.3) is 0 Å². The van der Waals surface area contributed by atoms with E-state index in [4.69, 9.17) is 42.3 Å². The number of aliphatic carboxylic acids is 1. The van der Waals surface area contributed by atoms with E-state index in [1.54, 1.807) is 18.3 Å². The normalized spacial score (nSPS) is 20.1. The second kappa shape index (κ2) is 14.9. The number of ether oxygens (including phenoxy) is 1. The quantitative estimate of drug-likeness (QED) is 0.123. The van der Waals surface area contributed by atoms with Crippen LogP contribution in [0.2, 0.25) is 10.0 Å². The first kappa shape index (κ1) is 36.7. The summed E-state index contributed by atoms with van der Waals surface area (Å²) in [6.07, 6.45) is 5.65. The number of aliphatic hydroxyl groups is 1. The molecule has 3 atom stereocenters. The molecule has 0 spiro atoms. The van der Waals surface area contributed by atoms with Crippen molar-refractivity contribution < 1.29 is 32.9 Å². The number of carboxylic acids is 1. The van der Waals surface area contributed by atoms with Gasteiger partial charge in [0.05, 0.1) is 33.3 Å². The molecule has 288 valence electrons. The average Bonchev–Trinajstić information content (AvgIpc) is 3.99. The minimum absolute atomic E-state index is 0.0592. The minimum Gasteiger partial charge on any atom is -0.481 e. The van der Waals surface area contributed by atoms with Crippen LogP contribution in [0.15, 0.2) is 71.4 Å². The van der Waals surface area contributed by atoms with E-state index in [2.05, 4.69) is 26.2 Å². The van der Waals surface area contributed by atoms with Crippen LogP contribution in [0.1, 0.15) is 42.0 Å². The Labute approximate surface area is 329 Å². The Bertz CT molecular complexity index is 2500. The number of pyridine rings is 2. The molecule has 11 nitrogen and oxygen atoms in total. The summed E-state index contributed by atoms with van der Waals surface area (Å²) in [6.45, 7) is 0.0771. The number of rotatable bonds is 10.